The smallest absolute Gasteiger partial charge is 0.219 e. The van der Waals surface area contributed by atoms with Crippen molar-refractivity contribution in [3.63, 3.8) is 0 Å². The van der Waals surface area contributed by atoms with Gasteiger partial charge in [-0.1, -0.05) is 59.6 Å². The van der Waals surface area contributed by atoms with E-state index in [0.29, 0.717) is 19.6 Å². The third kappa shape index (κ3) is 6.33. The van der Waals surface area contributed by atoms with E-state index in [9.17, 15) is 4.79 Å². The van der Waals surface area contributed by atoms with Gasteiger partial charge in [0.25, 0.3) is 0 Å². The predicted molar refractivity (Wildman–Crippen MR) is 166 cm³/mol. The number of halogens is 2. The zero-order valence-corrected chi connectivity index (χ0v) is 24.7. The number of fused-ring (bicyclic) bond motifs is 1. The molecule has 0 N–H and O–H groups in total. The van der Waals surface area contributed by atoms with Gasteiger partial charge in [0.2, 0.25) is 5.91 Å². The zero-order chi connectivity index (χ0) is 28.3. The lowest BCUT2D eigenvalue weighted by atomic mass is 9.96. The predicted octanol–water partition coefficient (Wildman–Crippen LogP) is 5.51. The second-order valence-electron chi connectivity index (χ2n) is 10.8. The molecule has 1 aromatic heterocycles. The number of aromatic nitrogens is 2. The number of benzene rings is 3. The van der Waals surface area contributed by atoms with Crippen molar-refractivity contribution in [1.29, 1.82) is 0 Å². The van der Waals surface area contributed by atoms with Gasteiger partial charge in [0.15, 0.2) is 0 Å². The molecule has 1 amide bonds. The highest BCUT2D eigenvalue weighted by molar-refractivity contribution is 6.30. The Morgan fingerprint density at radius 2 is 1.34 bits per heavy atom. The molecule has 7 nitrogen and oxygen atoms in total. The van der Waals surface area contributed by atoms with Gasteiger partial charge in [-0.15, -0.1) is 0 Å². The van der Waals surface area contributed by atoms with E-state index in [0.717, 1.165) is 71.9 Å². The van der Waals surface area contributed by atoms with Crippen molar-refractivity contribution in [3.8, 4) is 0 Å². The molecule has 3 aromatic carbocycles. The van der Waals surface area contributed by atoms with E-state index in [4.69, 9.17) is 33.2 Å². The van der Waals surface area contributed by atoms with Crippen LogP contribution in [0.5, 0.6) is 0 Å². The molecule has 6 rings (SSSR count). The Bertz CT molecular complexity index is 1450. The van der Waals surface area contributed by atoms with Gasteiger partial charge in [0.05, 0.1) is 18.1 Å². The van der Waals surface area contributed by atoms with Crippen molar-refractivity contribution in [1.82, 2.24) is 24.7 Å². The fourth-order valence-electron chi connectivity index (χ4n) is 5.94. The van der Waals surface area contributed by atoms with Crippen LogP contribution in [-0.4, -0.2) is 82.9 Å². The standard InChI is InChI=1S/C32H34Cl2N6O/c1-23(41)38-18-20-40(21-19-38)32-28-4-2-3-5-29(28)35-30(36-32)22-37-14-16-39(17-15-37)31(24-6-10-26(33)11-7-24)25-8-12-27(34)13-9-25/h2-13,31H,14-22H2,1H3. The first-order chi connectivity index (χ1) is 19.9. The fraction of sp³-hybridized carbons (Fsp3) is 0.344. The molecule has 0 radical (unpaired) electrons. The number of hydrogen-bond acceptors (Lipinski definition) is 6. The maximum Gasteiger partial charge on any atom is 0.219 e. The molecule has 4 aromatic rings. The molecule has 0 atom stereocenters. The summed E-state index contributed by atoms with van der Waals surface area (Å²) in [6.45, 7) is 8.99. The number of rotatable bonds is 6. The van der Waals surface area contributed by atoms with E-state index < -0.39 is 0 Å². The molecular formula is C32H34Cl2N6O. The largest absolute Gasteiger partial charge is 0.352 e. The Morgan fingerprint density at radius 1 is 0.756 bits per heavy atom. The summed E-state index contributed by atoms with van der Waals surface area (Å²) in [4.78, 5) is 31.1. The van der Waals surface area contributed by atoms with Crippen molar-refractivity contribution in [2.45, 2.75) is 19.5 Å². The second kappa shape index (κ2) is 12.3. The molecule has 9 heteroatoms. The maximum absolute atomic E-state index is 11.8. The minimum absolute atomic E-state index is 0.129. The van der Waals surface area contributed by atoms with E-state index in [-0.39, 0.29) is 11.9 Å². The molecule has 0 saturated carbocycles. The van der Waals surface area contributed by atoms with Gasteiger partial charge < -0.3 is 9.80 Å². The number of hydrogen-bond donors (Lipinski definition) is 0. The van der Waals surface area contributed by atoms with E-state index in [1.807, 2.05) is 41.3 Å². The number of carbonyl (C=O) groups is 1. The summed E-state index contributed by atoms with van der Waals surface area (Å²) >= 11 is 12.4. The Balaban J connectivity index is 1.18. The number of piperazine rings is 2. The molecule has 212 valence electrons. The van der Waals surface area contributed by atoms with Gasteiger partial charge in [-0.3, -0.25) is 14.6 Å². The Morgan fingerprint density at radius 3 is 1.93 bits per heavy atom. The van der Waals surface area contributed by atoms with Crippen LogP contribution in [0.15, 0.2) is 72.8 Å². The number of carbonyl (C=O) groups excluding carboxylic acids is 1. The molecule has 0 bridgehead atoms. The van der Waals surface area contributed by atoms with Gasteiger partial charge in [0.1, 0.15) is 11.6 Å². The summed E-state index contributed by atoms with van der Waals surface area (Å²) in [7, 11) is 0. The second-order valence-corrected chi connectivity index (χ2v) is 11.7. The first-order valence-electron chi connectivity index (χ1n) is 14.2. The number of nitrogens with zero attached hydrogens (tertiary/aromatic N) is 6. The van der Waals surface area contributed by atoms with Crippen LogP contribution in [0.1, 0.15) is 29.9 Å². The summed E-state index contributed by atoms with van der Waals surface area (Å²) in [5.41, 5.74) is 3.40. The van der Waals surface area contributed by atoms with Gasteiger partial charge >= 0.3 is 0 Å². The summed E-state index contributed by atoms with van der Waals surface area (Å²) in [6, 6.07) is 24.7. The van der Waals surface area contributed by atoms with Crippen molar-refractivity contribution < 1.29 is 4.79 Å². The Hall–Kier alpha value is -3.23. The van der Waals surface area contributed by atoms with Crippen LogP contribution >= 0.6 is 23.2 Å². The average Bonchev–Trinajstić information content (AvgIpc) is 3.00. The molecule has 0 aliphatic carbocycles. The number of para-hydroxylation sites is 1. The fourth-order valence-corrected chi connectivity index (χ4v) is 6.19. The molecule has 0 spiro atoms. The normalized spacial score (nSPS) is 17.0. The van der Waals surface area contributed by atoms with Crippen molar-refractivity contribution in [2.24, 2.45) is 0 Å². The highest BCUT2D eigenvalue weighted by atomic mass is 35.5. The summed E-state index contributed by atoms with van der Waals surface area (Å²) in [5.74, 6) is 1.94. The molecular weight excluding hydrogens is 555 g/mol. The van der Waals surface area contributed by atoms with Crippen LogP contribution in [-0.2, 0) is 11.3 Å². The molecule has 41 heavy (non-hydrogen) atoms. The van der Waals surface area contributed by atoms with Gasteiger partial charge in [0, 0.05) is 74.7 Å². The van der Waals surface area contributed by atoms with E-state index in [1.54, 1.807) is 6.92 Å². The van der Waals surface area contributed by atoms with Crippen LogP contribution in [0.4, 0.5) is 5.82 Å². The van der Waals surface area contributed by atoms with E-state index in [1.165, 1.54) is 11.1 Å². The summed E-state index contributed by atoms with van der Waals surface area (Å²) < 4.78 is 0. The van der Waals surface area contributed by atoms with Crippen molar-refractivity contribution in [2.75, 3.05) is 57.3 Å². The van der Waals surface area contributed by atoms with Crippen molar-refractivity contribution in [3.05, 3.63) is 99.8 Å². The third-order valence-corrected chi connectivity index (χ3v) is 8.67. The van der Waals surface area contributed by atoms with Crippen LogP contribution in [0.2, 0.25) is 10.0 Å². The monoisotopic (exact) mass is 588 g/mol. The summed E-state index contributed by atoms with van der Waals surface area (Å²) in [5, 5.41) is 2.54. The minimum Gasteiger partial charge on any atom is -0.352 e. The number of amides is 1. The minimum atomic E-state index is 0.129. The first-order valence-corrected chi connectivity index (χ1v) is 14.9. The molecule has 2 saturated heterocycles. The lowest BCUT2D eigenvalue weighted by Gasteiger charge is -2.39. The maximum atomic E-state index is 11.8. The zero-order valence-electron chi connectivity index (χ0n) is 23.2. The molecule has 0 unspecified atom stereocenters. The van der Waals surface area contributed by atoms with E-state index >= 15 is 0 Å². The molecule has 3 heterocycles. The molecule has 2 aliphatic rings. The van der Waals surface area contributed by atoms with Gasteiger partial charge in [-0.05, 0) is 47.5 Å². The molecule has 2 fully saturated rings. The van der Waals surface area contributed by atoms with Crippen LogP contribution in [0, 0.1) is 0 Å². The third-order valence-electron chi connectivity index (χ3n) is 8.16. The molecule has 2 aliphatic heterocycles. The first kappa shape index (κ1) is 27.9. The quantitative estimate of drug-likeness (QED) is 0.296. The Kier molecular flexibility index (Phi) is 8.40. The topological polar surface area (TPSA) is 55.8 Å². The number of anilines is 1. The lowest BCUT2D eigenvalue weighted by molar-refractivity contribution is -0.129. The van der Waals surface area contributed by atoms with Gasteiger partial charge in [-0.2, -0.15) is 0 Å². The SMILES string of the molecule is CC(=O)N1CCN(c2nc(CN3CCN(C(c4ccc(Cl)cc4)c4ccc(Cl)cc4)CC3)nc3ccccc23)CC1. The van der Waals surface area contributed by atoms with Crippen LogP contribution in [0.3, 0.4) is 0 Å². The lowest BCUT2D eigenvalue weighted by Crippen LogP contribution is -2.48. The highest BCUT2D eigenvalue weighted by Gasteiger charge is 2.28. The van der Waals surface area contributed by atoms with Crippen LogP contribution < -0.4 is 4.90 Å². The van der Waals surface area contributed by atoms with E-state index in [2.05, 4.69) is 51.1 Å². The van der Waals surface area contributed by atoms with Gasteiger partial charge in [-0.25, -0.2) is 9.97 Å². The Labute approximate surface area is 251 Å². The van der Waals surface area contributed by atoms with Crippen molar-refractivity contribution >= 4 is 45.8 Å². The summed E-state index contributed by atoms with van der Waals surface area (Å²) in [6.07, 6.45) is 0. The van der Waals surface area contributed by atoms with Crippen LogP contribution in [0.25, 0.3) is 10.9 Å². The average molecular weight is 590 g/mol. The highest BCUT2D eigenvalue weighted by Crippen LogP contribution is 2.32.